The topological polar surface area (TPSA) is 65.4 Å². The van der Waals surface area contributed by atoms with E-state index in [0.717, 1.165) is 55.2 Å². The minimum Gasteiger partial charge on any atom is -0.357 e. The number of nitrogens with zero attached hydrogens (tertiary/aromatic N) is 4. The first kappa shape index (κ1) is 19.6. The molecule has 0 spiro atoms. The standard InChI is InChI=1S/C22H28N6S/c1-2-23-21(26-15-17-9-11-24-20-8-4-3-7-19(17)20)25-12-10-18-16-29-22(27-18)28-13-5-6-14-28/h3-4,7-9,11,16H,2,5-6,10,12-15H2,1H3,(H2,23,25,26). The largest absolute Gasteiger partial charge is 0.357 e. The number of thiazole rings is 1. The fraction of sp³-hybridized carbons (Fsp3) is 0.409. The lowest BCUT2D eigenvalue weighted by Crippen LogP contribution is -2.38. The summed E-state index contributed by atoms with van der Waals surface area (Å²) in [6.07, 6.45) is 5.32. The first-order valence-electron chi connectivity index (χ1n) is 10.4. The predicted octanol–water partition coefficient (Wildman–Crippen LogP) is 3.59. The molecule has 1 fully saturated rings. The molecule has 6 nitrogen and oxygen atoms in total. The van der Waals surface area contributed by atoms with Crippen LogP contribution >= 0.6 is 11.3 Å². The van der Waals surface area contributed by atoms with Crippen molar-refractivity contribution in [1.82, 2.24) is 20.6 Å². The van der Waals surface area contributed by atoms with Gasteiger partial charge in [0.05, 0.1) is 17.8 Å². The monoisotopic (exact) mass is 408 g/mol. The van der Waals surface area contributed by atoms with Crippen molar-refractivity contribution in [3.8, 4) is 0 Å². The smallest absolute Gasteiger partial charge is 0.191 e. The number of pyridine rings is 1. The highest BCUT2D eigenvalue weighted by molar-refractivity contribution is 7.13. The number of fused-ring (bicyclic) bond motifs is 1. The maximum Gasteiger partial charge on any atom is 0.191 e. The van der Waals surface area contributed by atoms with E-state index in [1.54, 1.807) is 11.3 Å². The highest BCUT2D eigenvalue weighted by atomic mass is 32.1. The van der Waals surface area contributed by atoms with Gasteiger partial charge in [0.25, 0.3) is 0 Å². The van der Waals surface area contributed by atoms with Gasteiger partial charge in [-0.2, -0.15) is 0 Å². The van der Waals surface area contributed by atoms with E-state index in [0.29, 0.717) is 6.54 Å². The number of para-hydroxylation sites is 1. The van der Waals surface area contributed by atoms with E-state index in [4.69, 9.17) is 9.98 Å². The van der Waals surface area contributed by atoms with Crippen molar-refractivity contribution in [3.05, 3.63) is 53.2 Å². The van der Waals surface area contributed by atoms with E-state index in [-0.39, 0.29) is 0 Å². The maximum atomic E-state index is 4.80. The molecule has 7 heteroatoms. The maximum absolute atomic E-state index is 4.80. The molecule has 2 aromatic heterocycles. The van der Waals surface area contributed by atoms with Crippen LogP contribution < -0.4 is 15.5 Å². The van der Waals surface area contributed by atoms with Gasteiger partial charge in [-0.25, -0.2) is 9.98 Å². The molecule has 0 atom stereocenters. The zero-order valence-electron chi connectivity index (χ0n) is 16.9. The number of guanidine groups is 1. The van der Waals surface area contributed by atoms with E-state index < -0.39 is 0 Å². The molecule has 0 bridgehead atoms. The Morgan fingerprint density at radius 2 is 2.03 bits per heavy atom. The molecule has 0 saturated carbocycles. The lowest BCUT2D eigenvalue weighted by Gasteiger charge is -2.12. The van der Waals surface area contributed by atoms with Crippen molar-refractivity contribution in [2.24, 2.45) is 4.99 Å². The van der Waals surface area contributed by atoms with Crippen molar-refractivity contribution in [3.63, 3.8) is 0 Å². The number of anilines is 1. The van der Waals surface area contributed by atoms with Crippen molar-refractivity contribution in [1.29, 1.82) is 0 Å². The summed E-state index contributed by atoms with van der Waals surface area (Å²) in [7, 11) is 0. The Labute approximate surface area is 176 Å². The zero-order valence-corrected chi connectivity index (χ0v) is 17.7. The number of rotatable bonds is 7. The number of benzene rings is 1. The Bertz CT molecular complexity index is 955. The molecule has 152 valence electrons. The fourth-order valence-corrected chi connectivity index (χ4v) is 4.49. The van der Waals surface area contributed by atoms with Crippen LogP contribution in [0.4, 0.5) is 5.13 Å². The second-order valence-electron chi connectivity index (χ2n) is 7.17. The van der Waals surface area contributed by atoms with Crippen molar-refractivity contribution in [2.75, 3.05) is 31.1 Å². The Kier molecular flexibility index (Phi) is 6.56. The van der Waals surface area contributed by atoms with Crippen LogP contribution in [0.5, 0.6) is 0 Å². The summed E-state index contributed by atoms with van der Waals surface area (Å²) < 4.78 is 0. The SMILES string of the molecule is CCNC(=NCc1ccnc2ccccc12)NCCc1csc(N2CCCC2)n1. The third kappa shape index (κ3) is 5.03. The highest BCUT2D eigenvalue weighted by Crippen LogP contribution is 2.24. The van der Waals surface area contributed by atoms with Crippen LogP contribution in [-0.4, -0.2) is 42.1 Å². The summed E-state index contributed by atoms with van der Waals surface area (Å²) >= 11 is 1.76. The average Bonchev–Trinajstić information content (AvgIpc) is 3.44. The molecule has 1 aromatic carbocycles. The lowest BCUT2D eigenvalue weighted by molar-refractivity contribution is 0.790. The van der Waals surface area contributed by atoms with Gasteiger partial charge in [-0.1, -0.05) is 18.2 Å². The van der Waals surface area contributed by atoms with Crippen molar-refractivity contribution >= 4 is 33.3 Å². The molecular formula is C22H28N6S. The van der Waals surface area contributed by atoms with Crippen LogP contribution in [-0.2, 0) is 13.0 Å². The summed E-state index contributed by atoms with van der Waals surface area (Å²) in [5.41, 5.74) is 3.35. The summed E-state index contributed by atoms with van der Waals surface area (Å²) in [6.45, 7) is 6.64. The zero-order chi connectivity index (χ0) is 19.9. The van der Waals surface area contributed by atoms with Crippen LogP contribution in [0.3, 0.4) is 0 Å². The second kappa shape index (κ2) is 9.69. The summed E-state index contributed by atoms with van der Waals surface area (Å²) in [5, 5.41) is 11.3. The molecule has 1 saturated heterocycles. The number of aliphatic imine (C=N–C) groups is 1. The second-order valence-corrected chi connectivity index (χ2v) is 8.01. The van der Waals surface area contributed by atoms with Crippen molar-refractivity contribution < 1.29 is 0 Å². The van der Waals surface area contributed by atoms with Crippen LogP contribution in [0.25, 0.3) is 10.9 Å². The van der Waals surface area contributed by atoms with Crippen LogP contribution in [0, 0.1) is 0 Å². The van der Waals surface area contributed by atoms with E-state index in [2.05, 4.69) is 38.9 Å². The Morgan fingerprint density at radius 1 is 1.17 bits per heavy atom. The normalized spacial score (nSPS) is 14.5. The van der Waals surface area contributed by atoms with Gasteiger partial charge >= 0.3 is 0 Å². The molecule has 2 N–H and O–H groups in total. The van der Waals surface area contributed by atoms with Gasteiger partial charge in [-0.15, -0.1) is 11.3 Å². The molecule has 29 heavy (non-hydrogen) atoms. The molecule has 3 heterocycles. The van der Waals surface area contributed by atoms with E-state index in [1.807, 2.05) is 30.5 Å². The van der Waals surface area contributed by atoms with E-state index >= 15 is 0 Å². The van der Waals surface area contributed by atoms with Gasteiger partial charge in [0, 0.05) is 49.6 Å². The average molecular weight is 409 g/mol. The molecule has 0 aliphatic carbocycles. The van der Waals surface area contributed by atoms with Crippen LogP contribution in [0.15, 0.2) is 46.9 Å². The predicted molar refractivity (Wildman–Crippen MR) is 122 cm³/mol. The van der Waals surface area contributed by atoms with Gasteiger partial charge in [-0.3, -0.25) is 4.98 Å². The molecule has 4 rings (SSSR count). The first-order chi connectivity index (χ1) is 14.3. The van der Waals surface area contributed by atoms with Gasteiger partial charge in [0.2, 0.25) is 0 Å². The lowest BCUT2D eigenvalue weighted by atomic mass is 10.1. The van der Waals surface area contributed by atoms with Crippen LogP contribution in [0.2, 0.25) is 0 Å². The summed E-state index contributed by atoms with van der Waals surface area (Å²) in [6, 6.07) is 10.3. The fourth-order valence-electron chi connectivity index (χ4n) is 3.57. The quantitative estimate of drug-likeness (QED) is 0.462. The number of nitrogens with one attached hydrogen (secondary N) is 2. The third-order valence-corrected chi connectivity index (χ3v) is 6.03. The van der Waals surface area contributed by atoms with E-state index in [9.17, 15) is 0 Å². The molecular weight excluding hydrogens is 380 g/mol. The van der Waals surface area contributed by atoms with Gasteiger partial charge in [0.15, 0.2) is 11.1 Å². The van der Waals surface area contributed by atoms with Gasteiger partial charge in [-0.05, 0) is 37.5 Å². The van der Waals surface area contributed by atoms with Gasteiger partial charge in [0.1, 0.15) is 0 Å². The molecule has 1 aliphatic rings. The Hall–Kier alpha value is -2.67. The Morgan fingerprint density at radius 3 is 2.90 bits per heavy atom. The third-order valence-electron chi connectivity index (χ3n) is 5.08. The molecule has 0 unspecified atom stereocenters. The van der Waals surface area contributed by atoms with Crippen molar-refractivity contribution in [2.45, 2.75) is 32.7 Å². The van der Waals surface area contributed by atoms with E-state index in [1.165, 1.54) is 23.5 Å². The first-order valence-corrected chi connectivity index (χ1v) is 11.3. The van der Waals surface area contributed by atoms with Crippen LogP contribution in [0.1, 0.15) is 31.0 Å². The molecule has 0 radical (unpaired) electrons. The number of hydrogen-bond donors (Lipinski definition) is 2. The number of hydrogen-bond acceptors (Lipinski definition) is 5. The minimum absolute atomic E-state index is 0.619. The molecule has 1 aliphatic heterocycles. The molecule has 0 amide bonds. The van der Waals surface area contributed by atoms with Gasteiger partial charge < -0.3 is 15.5 Å². The Balaban J connectivity index is 1.35. The highest BCUT2D eigenvalue weighted by Gasteiger charge is 2.15. The summed E-state index contributed by atoms with van der Waals surface area (Å²) in [4.78, 5) is 16.4. The molecule has 3 aromatic rings. The number of aromatic nitrogens is 2. The minimum atomic E-state index is 0.619. The summed E-state index contributed by atoms with van der Waals surface area (Å²) in [5.74, 6) is 0.836.